The lowest BCUT2D eigenvalue weighted by molar-refractivity contribution is 0.166. The molecule has 2 atom stereocenters. The van der Waals surface area contributed by atoms with Crippen LogP contribution in [0.15, 0.2) is 71.5 Å². The van der Waals surface area contributed by atoms with Crippen LogP contribution in [-0.2, 0) is 0 Å². The second-order valence-electron chi connectivity index (χ2n) is 7.76. The Balaban J connectivity index is 1.58. The molecule has 0 bridgehead atoms. The molecule has 5 rings (SSSR count). The molecule has 1 saturated heterocycles. The zero-order chi connectivity index (χ0) is 21.4. The molecule has 0 aliphatic carbocycles. The Morgan fingerprint density at radius 3 is 2.55 bits per heavy atom. The minimum absolute atomic E-state index is 0.334. The normalized spacial score (nSPS) is 17.8. The highest BCUT2D eigenvalue weighted by Crippen LogP contribution is 2.38. The Morgan fingerprint density at radius 1 is 1.06 bits per heavy atom. The Hall–Kier alpha value is -3.29. The van der Waals surface area contributed by atoms with Gasteiger partial charge in [-0.3, -0.25) is 10.00 Å². The molecule has 3 heterocycles. The van der Waals surface area contributed by atoms with Crippen LogP contribution >= 0.6 is 0 Å². The van der Waals surface area contributed by atoms with Crippen molar-refractivity contribution in [3.05, 3.63) is 89.8 Å². The lowest BCUT2D eigenvalue weighted by Crippen LogP contribution is -2.29. The molecule has 4 aromatic rings. The van der Waals surface area contributed by atoms with Crippen LogP contribution in [0.3, 0.4) is 0 Å². The SMILES string of the molecule is OC1CCN(C(c2ccc(-c3ccc(F)cc3)cc2F)c2cn[nH]c2-c2ccco2)C1. The highest BCUT2D eigenvalue weighted by Gasteiger charge is 2.33. The Bertz CT molecular complexity index is 1170. The van der Waals surface area contributed by atoms with Gasteiger partial charge >= 0.3 is 0 Å². The van der Waals surface area contributed by atoms with E-state index >= 15 is 4.39 Å². The van der Waals surface area contributed by atoms with E-state index in [1.165, 1.54) is 18.2 Å². The van der Waals surface area contributed by atoms with Gasteiger partial charge in [-0.2, -0.15) is 5.10 Å². The van der Waals surface area contributed by atoms with Crippen LogP contribution in [0.4, 0.5) is 8.78 Å². The van der Waals surface area contributed by atoms with Crippen molar-refractivity contribution in [1.82, 2.24) is 15.1 Å². The van der Waals surface area contributed by atoms with E-state index < -0.39 is 12.1 Å². The smallest absolute Gasteiger partial charge is 0.151 e. The van der Waals surface area contributed by atoms with Gasteiger partial charge in [0.25, 0.3) is 0 Å². The van der Waals surface area contributed by atoms with Crippen LogP contribution in [0, 0.1) is 11.6 Å². The molecule has 0 radical (unpaired) electrons. The highest BCUT2D eigenvalue weighted by molar-refractivity contribution is 5.65. The fourth-order valence-corrected chi connectivity index (χ4v) is 4.26. The molecule has 0 saturated carbocycles. The average Bonchev–Trinajstić information content (AvgIpc) is 3.52. The number of nitrogens with zero attached hydrogens (tertiary/aromatic N) is 2. The first-order valence-electron chi connectivity index (χ1n) is 10.1. The summed E-state index contributed by atoms with van der Waals surface area (Å²) >= 11 is 0. The van der Waals surface area contributed by atoms with Crippen molar-refractivity contribution in [2.75, 3.05) is 13.1 Å². The van der Waals surface area contributed by atoms with Gasteiger partial charge in [0.15, 0.2) is 5.76 Å². The fourth-order valence-electron chi connectivity index (χ4n) is 4.26. The van der Waals surface area contributed by atoms with Crippen LogP contribution in [0.2, 0.25) is 0 Å². The van der Waals surface area contributed by atoms with Crippen molar-refractivity contribution in [2.24, 2.45) is 0 Å². The standard InChI is InChI=1S/C24H21F2N3O2/c25-17-6-3-15(4-7-17)16-5-8-19(21(26)12-16)24(29-10-9-18(30)14-29)20-13-27-28-23(20)22-2-1-11-31-22/h1-8,11-13,18,24,30H,9-10,14H2,(H,27,28). The van der Waals surface area contributed by atoms with E-state index in [4.69, 9.17) is 4.42 Å². The molecule has 5 nitrogen and oxygen atoms in total. The van der Waals surface area contributed by atoms with Gasteiger partial charge in [0.1, 0.15) is 17.3 Å². The van der Waals surface area contributed by atoms with Crippen LogP contribution in [0.25, 0.3) is 22.6 Å². The second kappa shape index (κ2) is 8.09. The summed E-state index contributed by atoms with van der Waals surface area (Å²) in [5.41, 5.74) is 3.34. The Labute approximate surface area is 177 Å². The maximum atomic E-state index is 15.5. The summed E-state index contributed by atoms with van der Waals surface area (Å²) in [6.07, 6.45) is 3.43. The molecule has 31 heavy (non-hydrogen) atoms. The summed E-state index contributed by atoms with van der Waals surface area (Å²) in [6, 6.07) is 14.2. The van der Waals surface area contributed by atoms with E-state index in [0.29, 0.717) is 42.1 Å². The van der Waals surface area contributed by atoms with Gasteiger partial charge in [-0.05, 0) is 47.9 Å². The molecule has 7 heteroatoms. The van der Waals surface area contributed by atoms with E-state index in [1.54, 1.807) is 36.7 Å². The fraction of sp³-hybridized carbons (Fsp3) is 0.208. The second-order valence-corrected chi connectivity index (χ2v) is 7.76. The van der Waals surface area contributed by atoms with Crippen molar-refractivity contribution in [1.29, 1.82) is 0 Å². The third kappa shape index (κ3) is 3.78. The van der Waals surface area contributed by atoms with Gasteiger partial charge in [0.05, 0.1) is 24.6 Å². The maximum Gasteiger partial charge on any atom is 0.151 e. The van der Waals surface area contributed by atoms with Crippen molar-refractivity contribution in [3.8, 4) is 22.6 Å². The first-order chi connectivity index (χ1) is 15.1. The number of furan rings is 1. The molecule has 0 spiro atoms. The molecule has 2 unspecified atom stereocenters. The van der Waals surface area contributed by atoms with Gasteiger partial charge in [0, 0.05) is 24.2 Å². The summed E-state index contributed by atoms with van der Waals surface area (Å²) in [5.74, 6) is -0.0979. The van der Waals surface area contributed by atoms with Crippen molar-refractivity contribution < 1.29 is 18.3 Å². The van der Waals surface area contributed by atoms with Gasteiger partial charge in [0.2, 0.25) is 0 Å². The topological polar surface area (TPSA) is 65.3 Å². The van der Waals surface area contributed by atoms with Crippen molar-refractivity contribution in [3.63, 3.8) is 0 Å². The summed E-state index contributed by atoms with van der Waals surface area (Å²) in [5, 5.41) is 17.3. The molecule has 2 aromatic carbocycles. The monoisotopic (exact) mass is 421 g/mol. The number of H-pyrrole nitrogens is 1. The molecule has 1 aliphatic heterocycles. The Morgan fingerprint density at radius 2 is 1.87 bits per heavy atom. The number of nitrogens with one attached hydrogen (secondary N) is 1. The van der Waals surface area contributed by atoms with Gasteiger partial charge < -0.3 is 9.52 Å². The summed E-state index contributed by atoms with van der Waals surface area (Å²) in [4.78, 5) is 2.05. The maximum absolute atomic E-state index is 15.5. The van der Waals surface area contributed by atoms with E-state index in [1.807, 2.05) is 12.1 Å². The lowest BCUT2D eigenvalue weighted by Gasteiger charge is -2.28. The third-order valence-electron chi connectivity index (χ3n) is 5.76. The van der Waals surface area contributed by atoms with E-state index in [0.717, 1.165) is 11.1 Å². The minimum atomic E-state index is -0.456. The third-order valence-corrected chi connectivity index (χ3v) is 5.76. The van der Waals surface area contributed by atoms with Gasteiger partial charge in [-0.25, -0.2) is 8.78 Å². The molecule has 0 amide bonds. The summed E-state index contributed by atoms with van der Waals surface area (Å²) < 4.78 is 34.3. The van der Waals surface area contributed by atoms with Crippen molar-refractivity contribution in [2.45, 2.75) is 18.6 Å². The van der Waals surface area contributed by atoms with Crippen LogP contribution < -0.4 is 0 Å². The minimum Gasteiger partial charge on any atom is -0.463 e. The number of hydrogen-bond donors (Lipinski definition) is 2. The quantitative estimate of drug-likeness (QED) is 0.487. The number of aliphatic hydroxyl groups is 1. The number of rotatable bonds is 5. The summed E-state index contributed by atoms with van der Waals surface area (Å²) in [6.45, 7) is 1.07. The number of likely N-dealkylation sites (tertiary alicyclic amines) is 1. The number of benzene rings is 2. The molecular formula is C24H21F2N3O2. The van der Waals surface area contributed by atoms with Gasteiger partial charge in [-0.1, -0.05) is 24.3 Å². The molecule has 1 fully saturated rings. The van der Waals surface area contributed by atoms with E-state index in [-0.39, 0.29) is 11.6 Å². The average molecular weight is 421 g/mol. The number of aromatic amines is 1. The predicted molar refractivity (Wildman–Crippen MR) is 112 cm³/mol. The molecule has 158 valence electrons. The number of aliphatic hydroxyl groups excluding tert-OH is 1. The molecule has 2 aromatic heterocycles. The Kier molecular flexibility index (Phi) is 5.13. The van der Waals surface area contributed by atoms with Crippen molar-refractivity contribution >= 4 is 0 Å². The van der Waals surface area contributed by atoms with Crippen LogP contribution in [0.5, 0.6) is 0 Å². The molecule has 1 aliphatic rings. The van der Waals surface area contributed by atoms with Crippen LogP contribution in [0.1, 0.15) is 23.6 Å². The predicted octanol–water partition coefficient (Wildman–Crippen LogP) is 4.77. The highest BCUT2D eigenvalue weighted by atomic mass is 19.1. The van der Waals surface area contributed by atoms with Gasteiger partial charge in [-0.15, -0.1) is 0 Å². The number of hydrogen-bond acceptors (Lipinski definition) is 4. The first kappa shape index (κ1) is 19.7. The molecule has 2 N–H and O–H groups in total. The number of β-amino-alcohol motifs (C(OH)–C–C–N with tert-alkyl or cyclic N) is 1. The summed E-state index contributed by atoms with van der Waals surface area (Å²) in [7, 11) is 0. The first-order valence-corrected chi connectivity index (χ1v) is 10.1. The van der Waals surface area contributed by atoms with E-state index in [9.17, 15) is 9.50 Å². The number of halogens is 2. The zero-order valence-electron chi connectivity index (χ0n) is 16.6. The largest absolute Gasteiger partial charge is 0.463 e. The number of aromatic nitrogens is 2. The lowest BCUT2D eigenvalue weighted by atomic mass is 9.94. The van der Waals surface area contributed by atoms with E-state index in [2.05, 4.69) is 15.1 Å². The zero-order valence-corrected chi connectivity index (χ0v) is 16.6. The molecular weight excluding hydrogens is 400 g/mol. The van der Waals surface area contributed by atoms with Crippen LogP contribution in [-0.4, -0.2) is 39.4 Å².